The molecule has 4 aromatic heterocycles. The van der Waals surface area contributed by atoms with E-state index in [0.717, 1.165) is 72.3 Å². The minimum Gasteiger partial charge on any atom is -0.307 e. The van der Waals surface area contributed by atoms with Crippen molar-refractivity contribution in [3.8, 4) is 45.5 Å². The lowest BCUT2D eigenvalue weighted by molar-refractivity contribution is 1.07. The fourth-order valence-electron chi connectivity index (χ4n) is 7.75. The minimum atomic E-state index is 0.614. The molecular formula is C46H29N7. The Morgan fingerprint density at radius 2 is 0.887 bits per heavy atom. The predicted molar refractivity (Wildman–Crippen MR) is 214 cm³/mol. The molecule has 0 atom stereocenters. The second-order valence-electron chi connectivity index (χ2n) is 13.2. The Labute approximate surface area is 303 Å². The summed E-state index contributed by atoms with van der Waals surface area (Å²) in [6.45, 7) is 0. The highest BCUT2D eigenvalue weighted by Gasteiger charge is 2.23. The van der Waals surface area contributed by atoms with Gasteiger partial charge in [0.25, 0.3) is 0 Å². The molecule has 0 aliphatic heterocycles. The first-order chi connectivity index (χ1) is 26.3. The van der Waals surface area contributed by atoms with Crippen LogP contribution in [0.15, 0.2) is 176 Å². The summed E-state index contributed by atoms with van der Waals surface area (Å²) in [4.78, 5) is 20.3. The van der Waals surface area contributed by atoms with Gasteiger partial charge in [-0.1, -0.05) is 121 Å². The topological polar surface area (TPSA) is 65.8 Å². The largest absolute Gasteiger partial charge is 0.307 e. The van der Waals surface area contributed by atoms with Crippen molar-refractivity contribution < 1.29 is 0 Å². The molecule has 0 amide bonds. The average molecular weight is 680 g/mol. The second-order valence-corrected chi connectivity index (χ2v) is 13.2. The summed E-state index contributed by atoms with van der Waals surface area (Å²) in [5.41, 5.74) is 11.2. The first-order valence-corrected chi connectivity index (χ1v) is 17.7. The summed E-state index contributed by atoms with van der Waals surface area (Å²) >= 11 is 0. The van der Waals surface area contributed by atoms with Gasteiger partial charge in [-0.3, -0.25) is 8.97 Å². The van der Waals surface area contributed by atoms with Gasteiger partial charge in [0.05, 0.1) is 33.1 Å². The van der Waals surface area contributed by atoms with Crippen LogP contribution in [-0.4, -0.2) is 33.5 Å². The smallest absolute Gasteiger partial charge is 0.220 e. The van der Waals surface area contributed by atoms with Crippen LogP contribution in [0.2, 0.25) is 0 Å². The molecule has 248 valence electrons. The number of fused-ring (bicyclic) bond motifs is 9. The highest BCUT2D eigenvalue weighted by Crippen LogP contribution is 2.39. The van der Waals surface area contributed by atoms with E-state index >= 15 is 0 Å². The van der Waals surface area contributed by atoms with Crippen LogP contribution in [0.3, 0.4) is 0 Å². The maximum atomic E-state index is 5.31. The molecule has 0 saturated heterocycles. The van der Waals surface area contributed by atoms with Gasteiger partial charge in [-0.15, -0.1) is 0 Å². The van der Waals surface area contributed by atoms with Gasteiger partial charge in [-0.05, 0) is 54.6 Å². The predicted octanol–water partition coefficient (Wildman–Crippen LogP) is 10.7. The van der Waals surface area contributed by atoms with Gasteiger partial charge in [-0.25, -0.2) is 19.9 Å². The molecule has 0 aliphatic carbocycles. The maximum Gasteiger partial charge on any atom is 0.220 e. The fourth-order valence-corrected chi connectivity index (χ4v) is 7.75. The van der Waals surface area contributed by atoms with Crippen LogP contribution in [0.1, 0.15) is 0 Å². The van der Waals surface area contributed by atoms with Gasteiger partial charge >= 0.3 is 0 Å². The van der Waals surface area contributed by atoms with Gasteiger partial charge in [0.15, 0.2) is 17.5 Å². The SMILES string of the molecule is c1ccc(-c2nc(-c3ccccc3)nc(-c3cccc(-n4c5ccccc5c5ccc6nc7n(-c8ccccc8)c8ccccc8n7c6c54)c3)n2)cc1. The number of nitrogens with zero attached hydrogens (tertiary/aromatic N) is 7. The zero-order valence-corrected chi connectivity index (χ0v) is 28.4. The van der Waals surface area contributed by atoms with Crippen molar-refractivity contribution in [3.05, 3.63) is 176 Å². The van der Waals surface area contributed by atoms with E-state index in [0.29, 0.717) is 17.5 Å². The van der Waals surface area contributed by atoms with Crippen LogP contribution < -0.4 is 0 Å². The lowest BCUT2D eigenvalue weighted by Crippen LogP contribution is -2.01. The summed E-state index contributed by atoms with van der Waals surface area (Å²) in [7, 11) is 0. The number of hydrogen-bond donors (Lipinski definition) is 0. The van der Waals surface area contributed by atoms with Crippen molar-refractivity contribution in [1.29, 1.82) is 0 Å². The van der Waals surface area contributed by atoms with Gasteiger partial charge in [0.1, 0.15) is 0 Å². The van der Waals surface area contributed by atoms with E-state index in [1.165, 1.54) is 5.39 Å². The Morgan fingerprint density at radius 1 is 0.340 bits per heavy atom. The molecule has 11 aromatic rings. The highest BCUT2D eigenvalue weighted by molar-refractivity contribution is 6.18. The summed E-state index contributed by atoms with van der Waals surface area (Å²) in [6, 6.07) is 60.7. The number of imidazole rings is 2. The van der Waals surface area contributed by atoms with E-state index in [9.17, 15) is 0 Å². The van der Waals surface area contributed by atoms with Crippen molar-refractivity contribution in [3.63, 3.8) is 0 Å². The van der Waals surface area contributed by atoms with Gasteiger partial charge in [-0.2, -0.15) is 0 Å². The first kappa shape index (κ1) is 29.4. The normalized spacial score (nSPS) is 11.8. The van der Waals surface area contributed by atoms with Crippen molar-refractivity contribution in [1.82, 2.24) is 33.5 Å². The van der Waals surface area contributed by atoms with Crippen LogP contribution in [0.4, 0.5) is 0 Å². The fraction of sp³-hybridized carbons (Fsp3) is 0. The molecule has 7 aromatic carbocycles. The third kappa shape index (κ3) is 4.54. The Kier molecular flexibility index (Phi) is 6.42. The molecule has 0 saturated carbocycles. The molecule has 0 unspecified atom stereocenters. The third-order valence-electron chi connectivity index (χ3n) is 10.1. The number of benzene rings is 7. The molecule has 53 heavy (non-hydrogen) atoms. The van der Waals surface area contributed by atoms with Gasteiger partial charge < -0.3 is 4.57 Å². The van der Waals surface area contributed by atoms with Crippen LogP contribution in [0.25, 0.3) is 95.2 Å². The second kappa shape index (κ2) is 11.6. The van der Waals surface area contributed by atoms with Crippen LogP contribution >= 0.6 is 0 Å². The lowest BCUT2D eigenvalue weighted by atomic mass is 10.1. The number of para-hydroxylation sites is 4. The van der Waals surface area contributed by atoms with Gasteiger partial charge in [0, 0.05) is 38.8 Å². The molecule has 0 spiro atoms. The van der Waals surface area contributed by atoms with E-state index < -0.39 is 0 Å². The summed E-state index contributed by atoms with van der Waals surface area (Å²) < 4.78 is 6.95. The van der Waals surface area contributed by atoms with E-state index in [2.05, 4.69) is 123 Å². The molecule has 11 rings (SSSR count). The zero-order valence-electron chi connectivity index (χ0n) is 28.4. The van der Waals surface area contributed by atoms with E-state index in [1.807, 2.05) is 66.7 Å². The number of aromatic nitrogens is 7. The standard InChI is InChI=1S/C46H29N7/c1-4-15-30(16-5-1)43-48-44(31-17-6-2-7-18-31)50-45(49-43)32-19-14-22-34(29-32)51-38-24-11-10-23-35(38)36-27-28-37-42(41(36)51)53-40-26-13-12-25-39(40)52(46(53)47-37)33-20-8-3-9-21-33/h1-29H. The Balaban J connectivity index is 1.20. The minimum absolute atomic E-state index is 0.614. The number of hydrogen-bond acceptors (Lipinski definition) is 4. The summed E-state index contributed by atoms with van der Waals surface area (Å²) in [5, 5.41) is 2.34. The quantitative estimate of drug-likeness (QED) is 0.182. The third-order valence-corrected chi connectivity index (χ3v) is 10.1. The van der Waals surface area contributed by atoms with Crippen LogP contribution in [0, 0.1) is 0 Å². The zero-order chi connectivity index (χ0) is 34.9. The van der Waals surface area contributed by atoms with Crippen molar-refractivity contribution in [2.75, 3.05) is 0 Å². The number of rotatable bonds is 5. The molecule has 7 nitrogen and oxygen atoms in total. The Morgan fingerprint density at radius 3 is 1.58 bits per heavy atom. The molecule has 0 fully saturated rings. The summed E-state index contributed by atoms with van der Waals surface area (Å²) in [6.07, 6.45) is 0. The molecule has 0 bridgehead atoms. The highest BCUT2D eigenvalue weighted by atomic mass is 15.2. The van der Waals surface area contributed by atoms with Crippen molar-refractivity contribution in [2.45, 2.75) is 0 Å². The van der Waals surface area contributed by atoms with E-state index in [-0.39, 0.29) is 0 Å². The van der Waals surface area contributed by atoms with Crippen LogP contribution in [0.5, 0.6) is 0 Å². The van der Waals surface area contributed by atoms with Crippen molar-refractivity contribution in [2.24, 2.45) is 0 Å². The van der Waals surface area contributed by atoms with Crippen LogP contribution in [-0.2, 0) is 0 Å². The average Bonchev–Trinajstić information content (AvgIpc) is 3.88. The van der Waals surface area contributed by atoms with E-state index in [1.54, 1.807) is 0 Å². The summed E-state index contributed by atoms with van der Waals surface area (Å²) in [5.74, 6) is 2.76. The molecule has 0 N–H and O–H groups in total. The molecular weight excluding hydrogens is 651 g/mol. The monoisotopic (exact) mass is 679 g/mol. The Hall–Kier alpha value is -7.38. The van der Waals surface area contributed by atoms with E-state index in [4.69, 9.17) is 19.9 Å². The molecule has 0 radical (unpaired) electrons. The maximum absolute atomic E-state index is 5.31. The molecule has 0 aliphatic rings. The Bertz CT molecular complexity index is 3100. The molecule has 4 heterocycles. The molecule has 7 heteroatoms. The van der Waals surface area contributed by atoms with Gasteiger partial charge in [0.2, 0.25) is 5.78 Å². The first-order valence-electron chi connectivity index (χ1n) is 17.7. The van der Waals surface area contributed by atoms with Crippen molar-refractivity contribution >= 4 is 49.7 Å². The lowest BCUT2D eigenvalue weighted by Gasteiger charge is -2.12.